The van der Waals surface area contributed by atoms with E-state index in [2.05, 4.69) is 19.1 Å². The number of aliphatic carboxylic acids is 1. The highest BCUT2D eigenvalue weighted by molar-refractivity contribution is 5.87. The van der Waals surface area contributed by atoms with E-state index in [-0.39, 0.29) is 0 Å². The van der Waals surface area contributed by atoms with Gasteiger partial charge in [0.25, 0.3) is 0 Å². The van der Waals surface area contributed by atoms with Crippen LogP contribution in [0.5, 0.6) is 0 Å². The van der Waals surface area contributed by atoms with Crippen molar-refractivity contribution < 1.29 is 20.1 Å². The van der Waals surface area contributed by atoms with Gasteiger partial charge in [0.15, 0.2) is 6.29 Å². The van der Waals surface area contributed by atoms with E-state index >= 15 is 0 Å². The van der Waals surface area contributed by atoms with Gasteiger partial charge in [-0.1, -0.05) is 106 Å². The summed E-state index contributed by atoms with van der Waals surface area (Å²) in [5.74, 6) is -1.36. The quantitative estimate of drug-likeness (QED) is 0.159. The number of allylic oxidation sites excluding steroid dienone is 11. The number of carboxylic acids is 1. The van der Waals surface area contributed by atoms with Crippen molar-refractivity contribution in [1.82, 2.24) is 0 Å². The maximum absolute atomic E-state index is 10.7. The molecular weight excluding hydrogens is 340 g/mol. The van der Waals surface area contributed by atoms with E-state index in [1.165, 1.54) is 51.0 Å². The summed E-state index contributed by atoms with van der Waals surface area (Å²) >= 11 is 0. The van der Waals surface area contributed by atoms with Crippen LogP contribution in [-0.4, -0.2) is 27.6 Å². The van der Waals surface area contributed by atoms with Crippen LogP contribution in [0.2, 0.25) is 0 Å². The van der Waals surface area contributed by atoms with Crippen LogP contribution >= 0.6 is 0 Å². The van der Waals surface area contributed by atoms with E-state index in [9.17, 15) is 4.79 Å². The third-order valence-corrected chi connectivity index (χ3v) is 3.80. The van der Waals surface area contributed by atoms with Crippen molar-refractivity contribution >= 4 is 5.97 Å². The highest BCUT2D eigenvalue weighted by atomic mass is 16.5. The molecule has 0 aliphatic rings. The molecule has 0 rings (SSSR count). The Bertz CT molecular complexity index is 549. The van der Waals surface area contributed by atoms with Gasteiger partial charge < -0.3 is 15.3 Å². The van der Waals surface area contributed by atoms with Gasteiger partial charge >= 0.3 is 5.97 Å². The van der Waals surface area contributed by atoms with Crippen molar-refractivity contribution in [3.63, 3.8) is 0 Å². The molecule has 3 N–H and O–H groups in total. The molecule has 4 nitrogen and oxygen atoms in total. The first-order valence-electron chi connectivity index (χ1n) is 9.72. The van der Waals surface area contributed by atoms with Crippen molar-refractivity contribution in [3.8, 4) is 0 Å². The average Bonchev–Trinajstić information content (AvgIpc) is 2.63. The van der Waals surface area contributed by atoms with Gasteiger partial charge in [0.2, 0.25) is 0 Å². The van der Waals surface area contributed by atoms with Crippen molar-refractivity contribution in [1.29, 1.82) is 0 Å². The Hall–Kier alpha value is -2.17. The van der Waals surface area contributed by atoms with Gasteiger partial charge in [0.1, 0.15) is 0 Å². The van der Waals surface area contributed by atoms with Crippen LogP contribution in [0.4, 0.5) is 0 Å². The molecule has 0 bridgehead atoms. The molecule has 0 heterocycles. The fourth-order valence-corrected chi connectivity index (χ4v) is 2.27. The van der Waals surface area contributed by atoms with Gasteiger partial charge in [-0.05, 0) is 18.9 Å². The minimum Gasteiger partial charge on any atom is -0.478 e. The van der Waals surface area contributed by atoms with Gasteiger partial charge in [-0.25, -0.2) is 4.79 Å². The third kappa shape index (κ3) is 17.0. The molecular formula is C23H34O4. The number of hydrogen-bond donors (Lipinski definition) is 3. The zero-order valence-electron chi connectivity index (χ0n) is 16.3. The van der Waals surface area contributed by atoms with Gasteiger partial charge in [-0.15, -0.1) is 0 Å². The molecule has 0 saturated carbocycles. The Kier molecular flexibility index (Phi) is 17.1. The van der Waals surface area contributed by atoms with E-state index in [4.69, 9.17) is 15.3 Å². The maximum Gasteiger partial charge on any atom is 0.336 e. The molecule has 27 heavy (non-hydrogen) atoms. The Labute approximate surface area is 163 Å². The highest BCUT2D eigenvalue weighted by Gasteiger charge is 2.13. The molecule has 0 aromatic rings. The van der Waals surface area contributed by atoms with E-state index in [1.54, 1.807) is 18.2 Å². The number of aliphatic hydroxyl groups is 2. The van der Waals surface area contributed by atoms with Gasteiger partial charge in [-0.2, -0.15) is 0 Å². The third-order valence-electron chi connectivity index (χ3n) is 3.80. The first kappa shape index (κ1) is 24.8. The van der Waals surface area contributed by atoms with E-state index in [1.807, 2.05) is 24.3 Å². The summed E-state index contributed by atoms with van der Waals surface area (Å²) in [6, 6.07) is 0. The number of hydrogen-bond acceptors (Lipinski definition) is 3. The number of aliphatic hydroxyl groups excluding tert-OH is 1. The minimum absolute atomic E-state index is 0.471. The maximum atomic E-state index is 10.7. The number of rotatable bonds is 15. The highest BCUT2D eigenvalue weighted by Crippen LogP contribution is 2.08. The molecule has 0 aliphatic carbocycles. The Balaban J connectivity index is 3.86. The normalized spacial score (nSPS) is 13.6. The zero-order chi connectivity index (χ0) is 20.2. The van der Waals surface area contributed by atoms with Crippen LogP contribution in [0.3, 0.4) is 0 Å². The van der Waals surface area contributed by atoms with Gasteiger partial charge in [0.05, 0.1) is 5.57 Å². The lowest BCUT2D eigenvalue weighted by Gasteiger charge is -2.01. The molecule has 0 fully saturated rings. The second kappa shape index (κ2) is 18.6. The topological polar surface area (TPSA) is 77.8 Å². The monoisotopic (exact) mass is 374 g/mol. The van der Waals surface area contributed by atoms with Crippen molar-refractivity contribution in [2.45, 2.75) is 64.6 Å². The van der Waals surface area contributed by atoms with Gasteiger partial charge in [0, 0.05) is 0 Å². The smallest absolute Gasteiger partial charge is 0.336 e. The van der Waals surface area contributed by atoms with E-state index in [0.717, 1.165) is 12.5 Å². The van der Waals surface area contributed by atoms with Crippen LogP contribution in [0.25, 0.3) is 0 Å². The lowest BCUT2D eigenvalue weighted by molar-refractivity contribution is -0.136. The first-order valence-corrected chi connectivity index (χ1v) is 9.72. The number of carbonyl (C=O) groups is 1. The zero-order valence-corrected chi connectivity index (χ0v) is 16.3. The average molecular weight is 375 g/mol. The molecule has 0 aliphatic heterocycles. The summed E-state index contributed by atoms with van der Waals surface area (Å²) in [6.45, 7) is 2.24. The molecule has 0 saturated heterocycles. The summed E-state index contributed by atoms with van der Waals surface area (Å²) < 4.78 is 0. The second-order valence-electron chi connectivity index (χ2n) is 6.18. The second-order valence-corrected chi connectivity index (χ2v) is 6.18. The molecule has 0 aromatic heterocycles. The predicted octanol–water partition coefficient (Wildman–Crippen LogP) is 5.23. The molecule has 0 radical (unpaired) electrons. The van der Waals surface area contributed by atoms with E-state index in [0.29, 0.717) is 0 Å². The lowest BCUT2D eigenvalue weighted by atomic mass is 10.1. The summed E-state index contributed by atoms with van der Waals surface area (Å²) in [6.07, 6.45) is 28.1. The predicted molar refractivity (Wildman–Crippen MR) is 112 cm³/mol. The Morgan fingerprint density at radius 2 is 1.22 bits per heavy atom. The number of unbranched alkanes of at least 4 members (excludes halogenated alkanes) is 7. The largest absolute Gasteiger partial charge is 0.478 e. The number of carboxylic acid groups (broad SMARTS) is 1. The molecule has 0 aromatic carbocycles. The molecule has 0 unspecified atom stereocenters. The van der Waals surface area contributed by atoms with Crippen LogP contribution in [0, 0.1) is 0 Å². The first-order chi connectivity index (χ1) is 13.1. The summed E-state index contributed by atoms with van der Waals surface area (Å²) in [4.78, 5) is 10.7. The van der Waals surface area contributed by atoms with Crippen LogP contribution < -0.4 is 0 Å². The minimum atomic E-state index is -1.99. The van der Waals surface area contributed by atoms with Crippen molar-refractivity contribution in [3.05, 3.63) is 72.4 Å². The van der Waals surface area contributed by atoms with Gasteiger partial charge in [-0.3, -0.25) is 0 Å². The molecule has 0 spiro atoms. The van der Waals surface area contributed by atoms with Crippen molar-refractivity contribution in [2.75, 3.05) is 0 Å². The summed E-state index contributed by atoms with van der Waals surface area (Å²) in [7, 11) is 0. The Morgan fingerprint density at radius 1 is 0.741 bits per heavy atom. The summed E-state index contributed by atoms with van der Waals surface area (Å²) in [5, 5.41) is 26.4. The molecule has 0 atom stereocenters. The lowest BCUT2D eigenvalue weighted by Crippen LogP contribution is -2.16. The fourth-order valence-electron chi connectivity index (χ4n) is 2.27. The fraction of sp³-hybridized carbons (Fsp3) is 0.435. The summed E-state index contributed by atoms with van der Waals surface area (Å²) in [5.41, 5.74) is -0.471. The van der Waals surface area contributed by atoms with E-state index < -0.39 is 17.8 Å². The molecule has 150 valence electrons. The van der Waals surface area contributed by atoms with Crippen molar-refractivity contribution in [2.24, 2.45) is 0 Å². The SMILES string of the molecule is CCCCCCCCCC=CC=CC=CC=CC=CC=C(C(=O)O)C(O)O. The Morgan fingerprint density at radius 3 is 1.74 bits per heavy atom. The molecule has 4 heteroatoms. The standard InChI is InChI=1S/C23H34O4/c1-2-3-4-5-6-7-8-9-10-11-12-13-14-15-16-17-18-19-20-21(22(24)25)23(26)27/h10-20,22,24-25H,2-9H2,1H3,(H,26,27). The van der Waals surface area contributed by atoms with Crippen LogP contribution in [-0.2, 0) is 4.79 Å². The molecule has 0 amide bonds. The van der Waals surface area contributed by atoms with Crippen LogP contribution in [0.15, 0.2) is 72.4 Å². The van der Waals surface area contributed by atoms with Crippen LogP contribution in [0.1, 0.15) is 58.3 Å².